The van der Waals surface area contributed by atoms with Crippen LogP contribution in [0.2, 0.25) is 0 Å². The van der Waals surface area contributed by atoms with Crippen molar-refractivity contribution in [3.05, 3.63) is 62.0 Å². The predicted octanol–water partition coefficient (Wildman–Crippen LogP) is 3.10. The van der Waals surface area contributed by atoms with Crippen LogP contribution in [-0.2, 0) is 24.3 Å². The summed E-state index contributed by atoms with van der Waals surface area (Å²) in [6.07, 6.45) is 1.15. The Morgan fingerprint density at radius 1 is 1.24 bits per heavy atom. The molecule has 7 heteroatoms. The second-order valence-electron chi connectivity index (χ2n) is 6.13. The van der Waals surface area contributed by atoms with Crippen molar-refractivity contribution >= 4 is 39.7 Å². The normalized spacial score (nSPS) is 13.8. The fourth-order valence-electron chi connectivity index (χ4n) is 3.25. The Morgan fingerprint density at radius 3 is 2.88 bits per heavy atom. The summed E-state index contributed by atoms with van der Waals surface area (Å²) < 4.78 is 2.50. The zero-order valence-electron chi connectivity index (χ0n) is 13.5. The van der Waals surface area contributed by atoms with E-state index in [-0.39, 0.29) is 17.9 Å². The Morgan fingerprint density at radius 2 is 2.04 bits per heavy atom. The van der Waals surface area contributed by atoms with Gasteiger partial charge in [0.1, 0.15) is 4.70 Å². The van der Waals surface area contributed by atoms with Crippen molar-refractivity contribution in [3.63, 3.8) is 0 Å². The van der Waals surface area contributed by atoms with Crippen LogP contribution in [0.15, 0.2) is 40.5 Å². The Kier molecular flexibility index (Phi) is 4.27. The van der Waals surface area contributed by atoms with E-state index in [2.05, 4.69) is 17.1 Å². The number of aromatic amines is 1. The number of rotatable bonds is 3. The summed E-state index contributed by atoms with van der Waals surface area (Å²) >= 11 is 6.67. The molecule has 0 saturated carbocycles. The van der Waals surface area contributed by atoms with Gasteiger partial charge in [0.05, 0.1) is 5.52 Å². The van der Waals surface area contributed by atoms with E-state index < -0.39 is 0 Å². The highest BCUT2D eigenvalue weighted by Gasteiger charge is 2.20. The molecule has 1 aromatic carbocycles. The molecule has 0 spiro atoms. The number of nitrogens with zero attached hydrogens (tertiary/aromatic N) is 2. The maximum absolute atomic E-state index is 12.6. The van der Waals surface area contributed by atoms with Gasteiger partial charge in [0.2, 0.25) is 5.91 Å². The lowest BCUT2D eigenvalue weighted by molar-refractivity contribution is -0.132. The summed E-state index contributed by atoms with van der Waals surface area (Å²) in [5, 5.41) is 1.86. The van der Waals surface area contributed by atoms with Crippen molar-refractivity contribution in [2.75, 3.05) is 6.54 Å². The molecule has 1 N–H and O–H groups in total. The van der Waals surface area contributed by atoms with Crippen LogP contribution < -0.4 is 5.56 Å². The van der Waals surface area contributed by atoms with E-state index in [4.69, 9.17) is 12.2 Å². The Hall–Kier alpha value is -2.25. The topological polar surface area (TPSA) is 58.1 Å². The van der Waals surface area contributed by atoms with E-state index in [0.717, 1.165) is 18.5 Å². The number of carbonyl (C=O) groups excluding carboxylic acids is 1. The fourth-order valence-corrected chi connectivity index (χ4v) is 4.33. The molecule has 0 fully saturated rings. The largest absolute Gasteiger partial charge is 0.338 e. The van der Waals surface area contributed by atoms with E-state index in [9.17, 15) is 9.59 Å². The molecule has 3 aromatic rings. The number of hydrogen-bond acceptors (Lipinski definition) is 4. The van der Waals surface area contributed by atoms with Crippen molar-refractivity contribution in [1.29, 1.82) is 0 Å². The molecule has 1 aliphatic rings. The molecular weight excluding hydrogens is 354 g/mol. The summed E-state index contributed by atoms with van der Waals surface area (Å²) in [5.74, 6) is 0.0575. The Labute approximate surface area is 153 Å². The number of thiophene rings is 1. The average Bonchev–Trinajstić information content (AvgIpc) is 3.09. The number of amides is 1. The van der Waals surface area contributed by atoms with E-state index in [1.165, 1.54) is 27.0 Å². The van der Waals surface area contributed by atoms with Gasteiger partial charge < -0.3 is 9.88 Å². The van der Waals surface area contributed by atoms with Gasteiger partial charge in [-0.3, -0.25) is 14.2 Å². The van der Waals surface area contributed by atoms with Gasteiger partial charge in [-0.05, 0) is 41.2 Å². The highest BCUT2D eigenvalue weighted by atomic mass is 32.1. The van der Waals surface area contributed by atoms with E-state index in [1.807, 2.05) is 28.5 Å². The van der Waals surface area contributed by atoms with Gasteiger partial charge in [-0.25, -0.2) is 0 Å². The summed E-state index contributed by atoms with van der Waals surface area (Å²) in [6.45, 7) is 1.67. The molecule has 0 saturated heterocycles. The fraction of sp³-hybridized carbons (Fsp3) is 0.278. The highest BCUT2D eigenvalue weighted by Crippen LogP contribution is 2.19. The van der Waals surface area contributed by atoms with Crippen LogP contribution in [0, 0.1) is 4.77 Å². The molecule has 0 bridgehead atoms. The first kappa shape index (κ1) is 16.2. The molecule has 128 valence electrons. The smallest absolute Gasteiger partial charge is 0.272 e. The average molecular weight is 371 g/mol. The van der Waals surface area contributed by atoms with Crippen LogP contribution >= 0.6 is 23.6 Å². The maximum Gasteiger partial charge on any atom is 0.272 e. The van der Waals surface area contributed by atoms with Gasteiger partial charge in [-0.15, -0.1) is 11.3 Å². The summed E-state index contributed by atoms with van der Waals surface area (Å²) in [7, 11) is 0. The summed E-state index contributed by atoms with van der Waals surface area (Å²) in [5.41, 5.74) is 3.16. The van der Waals surface area contributed by atoms with Crippen molar-refractivity contribution in [3.8, 4) is 0 Å². The molecule has 25 heavy (non-hydrogen) atoms. The van der Waals surface area contributed by atoms with E-state index >= 15 is 0 Å². The van der Waals surface area contributed by atoms with Crippen LogP contribution in [-0.4, -0.2) is 26.9 Å². The van der Waals surface area contributed by atoms with Crippen molar-refractivity contribution in [2.24, 2.45) is 0 Å². The van der Waals surface area contributed by atoms with E-state index in [0.29, 0.717) is 22.6 Å². The number of fused-ring (bicyclic) bond motifs is 2. The monoisotopic (exact) mass is 371 g/mol. The zero-order valence-corrected chi connectivity index (χ0v) is 15.2. The van der Waals surface area contributed by atoms with Crippen LogP contribution in [0.5, 0.6) is 0 Å². The zero-order chi connectivity index (χ0) is 17.4. The molecule has 1 aliphatic heterocycles. The van der Waals surface area contributed by atoms with Crippen LogP contribution in [0.1, 0.15) is 17.5 Å². The summed E-state index contributed by atoms with van der Waals surface area (Å²) in [6, 6.07) is 10.1. The van der Waals surface area contributed by atoms with Crippen molar-refractivity contribution < 1.29 is 4.79 Å². The second-order valence-corrected chi connectivity index (χ2v) is 7.44. The SMILES string of the molecule is O=C(CCn1c(=S)[nH]c2ccsc2c1=O)N1CCc2ccccc2C1. The van der Waals surface area contributed by atoms with Crippen molar-refractivity contribution in [1.82, 2.24) is 14.5 Å². The van der Waals surface area contributed by atoms with Gasteiger partial charge in [0.15, 0.2) is 4.77 Å². The Balaban J connectivity index is 1.50. The summed E-state index contributed by atoms with van der Waals surface area (Å²) in [4.78, 5) is 30.0. The number of benzene rings is 1. The second kappa shape index (κ2) is 6.57. The molecule has 1 amide bonds. The molecule has 0 aliphatic carbocycles. The van der Waals surface area contributed by atoms with Crippen LogP contribution in [0.25, 0.3) is 10.2 Å². The minimum atomic E-state index is -0.120. The molecule has 0 atom stereocenters. The molecule has 5 nitrogen and oxygen atoms in total. The first-order valence-electron chi connectivity index (χ1n) is 8.18. The van der Waals surface area contributed by atoms with Gasteiger partial charge in [0.25, 0.3) is 5.56 Å². The van der Waals surface area contributed by atoms with Gasteiger partial charge in [-0.2, -0.15) is 0 Å². The predicted molar refractivity (Wildman–Crippen MR) is 101 cm³/mol. The molecule has 3 heterocycles. The molecule has 2 aromatic heterocycles. The van der Waals surface area contributed by atoms with E-state index in [1.54, 1.807) is 0 Å². The number of hydrogen-bond donors (Lipinski definition) is 1. The molecule has 0 unspecified atom stereocenters. The first-order chi connectivity index (χ1) is 12.1. The Bertz CT molecular complexity index is 1060. The molecular formula is C18H17N3O2S2. The minimum Gasteiger partial charge on any atom is -0.338 e. The molecule has 0 radical (unpaired) electrons. The van der Waals surface area contributed by atoms with Gasteiger partial charge in [-0.1, -0.05) is 24.3 Å². The van der Waals surface area contributed by atoms with Crippen LogP contribution in [0.3, 0.4) is 0 Å². The number of aromatic nitrogens is 2. The first-order valence-corrected chi connectivity index (χ1v) is 9.47. The number of H-pyrrole nitrogens is 1. The highest BCUT2D eigenvalue weighted by molar-refractivity contribution is 7.71. The third kappa shape index (κ3) is 3.05. The third-order valence-corrected chi connectivity index (χ3v) is 5.85. The van der Waals surface area contributed by atoms with Crippen LogP contribution in [0.4, 0.5) is 0 Å². The maximum atomic E-state index is 12.6. The third-order valence-electron chi connectivity index (χ3n) is 4.62. The van der Waals surface area contributed by atoms with Crippen molar-refractivity contribution in [2.45, 2.75) is 25.9 Å². The standard InChI is InChI=1S/C18H17N3O2S2/c22-15(20-8-5-12-3-1-2-4-13(12)11-20)6-9-21-17(23)16-14(7-10-25-16)19-18(21)24/h1-4,7,10H,5-6,8-9,11H2,(H,19,24). The lowest BCUT2D eigenvalue weighted by Gasteiger charge is -2.29. The lowest BCUT2D eigenvalue weighted by atomic mass is 10.00. The number of carbonyl (C=O) groups is 1. The lowest BCUT2D eigenvalue weighted by Crippen LogP contribution is -2.37. The quantitative estimate of drug-likeness (QED) is 0.720. The number of nitrogens with one attached hydrogen (secondary N) is 1. The minimum absolute atomic E-state index is 0.0575. The van der Waals surface area contributed by atoms with Gasteiger partial charge in [0, 0.05) is 26.1 Å². The molecule has 4 rings (SSSR count). The van der Waals surface area contributed by atoms with Gasteiger partial charge >= 0.3 is 0 Å².